The van der Waals surface area contributed by atoms with E-state index in [1.54, 1.807) is 0 Å². The van der Waals surface area contributed by atoms with E-state index in [-0.39, 0.29) is 5.41 Å². The maximum absolute atomic E-state index is 4.35. The fourth-order valence-corrected chi connectivity index (χ4v) is 2.10. The van der Waals surface area contributed by atoms with Gasteiger partial charge in [-0.1, -0.05) is 45.0 Å². The third-order valence-electron chi connectivity index (χ3n) is 3.04. The van der Waals surface area contributed by atoms with E-state index in [1.165, 1.54) is 11.1 Å². The van der Waals surface area contributed by atoms with Gasteiger partial charge in [0.15, 0.2) is 0 Å². The Balaban J connectivity index is 2.23. The molecule has 0 radical (unpaired) electrons. The van der Waals surface area contributed by atoms with Crippen LogP contribution < -0.4 is 0 Å². The Kier molecular flexibility index (Phi) is 3.81. The van der Waals surface area contributed by atoms with Gasteiger partial charge in [0.05, 0.1) is 11.9 Å². The van der Waals surface area contributed by atoms with Crippen LogP contribution in [-0.4, -0.2) is 15.7 Å². The Morgan fingerprint density at radius 3 is 2.39 bits per heavy atom. The van der Waals surface area contributed by atoms with E-state index >= 15 is 0 Å². The van der Waals surface area contributed by atoms with Crippen LogP contribution in [0.15, 0.2) is 30.5 Å². The van der Waals surface area contributed by atoms with Crippen molar-refractivity contribution >= 4 is 12.6 Å². The van der Waals surface area contributed by atoms with Crippen molar-refractivity contribution in [2.75, 3.05) is 5.75 Å². The summed E-state index contributed by atoms with van der Waals surface area (Å²) in [6.07, 6.45) is 2.77. The maximum atomic E-state index is 4.35. The van der Waals surface area contributed by atoms with Crippen molar-refractivity contribution in [3.8, 4) is 11.3 Å². The van der Waals surface area contributed by atoms with Gasteiger partial charge in [0.25, 0.3) is 0 Å². The van der Waals surface area contributed by atoms with E-state index in [4.69, 9.17) is 0 Å². The summed E-state index contributed by atoms with van der Waals surface area (Å²) in [6, 6.07) is 8.68. The zero-order valence-corrected chi connectivity index (χ0v) is 12.1. The second-order valence-electron chi connectivity index (χ2n) is 5.54. The van der Waals surface area contributed by atoms with Gasteiger partial charge < -0.3 is 4.98 Å². The summed E-state index contributed by atoms with van der Waals surface area (Å²) in [5.74, 6) is 1.82. The van der Waals surface area contributed by atoms with Gasteiger partial charge in [-0.3, -0.25) is 0 Å². The molecule has 1 N–H and O–H groups in total. The molecule has 96 valence electrons. The van der Waals surface area contributed by atoms with Gasteiger partial charge in [-0.2, -0.15) is 12.6 Å². The molecule has 1 aromatic carbocycles. The first-order valence-corrected chi connectivity index (χ1v) is 6.89. The second-order valence-corrected chi connectivity index (χ2v) is 5.99. The number of imidazole rings is 1. The molecule has 18 heavy (non-hydrogen) atoms. The van der Waals surface area contributed by atoms with Gasteiger partial charge in [0, 0.05) is 6.42 Å². The van der Waals surface area contributed by atoms with E-state index in [1.807, 2.05) is 6.20 Å². The highest BCUT2D eigenvalue weighted by molar-refractivity contribution is 7.80. The molecule has 0 spiro atoms. The third kappa shape index (κ3) is 2.96. The summed E-state index contributed by atoms with van der Waals surface area (Å²) >= 11 is 4.21. The summed E-state index contributed by atoms with van der Waals surface area (Å²) in [6.45, 7) is 6.68. The molecule has 0 saturated heterocycles. The Bertz CT molecular complexity index is 506. The summed E-state index contributed by atoms with van der Waals surface area (Å²) < 4.78 is 0. The monoisotopic (exact) mass is 260 g/mol. The van der Waals surface area contributed by atoms with Crippen LogP contribution in [0.2, 0.25) is 0 Å². The van der Waals surface area contributed by atoms with Crippen molar-refractivity contribution in [1.29, 1.82) is 0 Å². The molecule has 1 heterocycles. The molecular weight excluding hydrogens is 240 g/mol. The number of aryl methyl sites for hydroxylation is 1. The predicted octanol–water partition coefficient (Wildman–Crippen LogP) is 3.85. The van der Waals surface area contributed by atoms with Gasteiger partial charge >= 0.3 is 0 Å². The van der Waals surface area contributed by atoms with Gasteiger partial charge in [-0.05, 0) is 22.3 Å². The van der Waals surface area contributed by atoms with Crippen molar-refractivity contribution in [2.45, 2.75) is 32.6 Å². The van der Waals surface area contributed by atoms with Crippen LogP contribution in [0.25, 0.3) is 11.3 Å². The fraction of sp³-hybridized carbons (Fsp3) is 0.400. The lowest BCUT2D eigenvalue weighted by molar-refractivity contribution is 0.590. The normalized spacial score (nSPS) is 11.8. The third-order valence-corrected chi connectivity index (χ3v) is 3.26. The topological polar surface area (TPSA) is 28.7 Å². The quantitative estimate of drug-likeness (QED) is 0.806. The molecule has 0 amide bonds. The molecule has 0 unspecified atom stereocenters. The molecule has 1 aromatic heterocycles. The van der Waals surface area contributed by atoms with Crippen molar-refractivity contribution in [3.05, 3.63) is 41.9 Å². The van der Waals surface area contributed by atoms with Crippen LogP contribution in [0.4, 0.5) is 0 Å². The smallest absolute Gasteiger partial charge is 0.107 e. The van der Waals surface area contributed by atoms with E-state index in [0.29, 0.717) is 0 Å². The SMILES string of the molecule is CC(C)(C)c1ccc(-c2cnc(CCS)[nH]2)cc1. The minimum Gasteiger partial charge on any atom is -0.342 e. The Labute approximate surface area is 114 Å². The van der Waals surface area contributed by atoms with Crippen LogP contribution in [0.5, 0.6) is 0 Å². The van der Waals surface area contributed by atoms with Crippen molar-refractivity contribution < 1.29 is 0 Å². The molecule has 0 aliphatic rings. The molecule has 0 aliphatic carbocycles. The highest BCUT2D eigenvalue weighted by Crippen LogP contribution is 2.25. The zero-order chi connectivity index (χ0) is 13.2. The molecule has 3 heteroatoms. The molecule has 2 nitrogen and oxygen atoms in total. The molecule has 0 aliphatic heterocycles. The number of aromatic amines is 1. The zero-order valence-electron chi connectivity index (χ0n) is 11.2. The van der Waals surface area contributed by atoms with Gasteiger partial charge in [0.1, 0.15) is 5.82 Å². The van der Waals surface area contributed by atoms with Crippen LogP contribution in [0.1, 0.15) is 32.2 Å². The number of rotatable bonds is 3. The highest BCUT2D eigenvalue weighted by atomic mass is 32.1. The Morgan fingerprint density at radius 2 is 1.83 bits per heavy atom. The van der Waals surface area contributed by atoms with Crippen molar-refractivity contribution in [2.24, 2.45) is 0 Å². The first-order valence-electron chi connectivity index (χ1n) is 6.26. The van der Waals surface area contributed by atoms with Gasteiger partial charge in [0.2, 0.25) is 0 Å². The van der Waals surface area contributed by atoms with Crippen LogP contribution in [-0.2, 0) is 11.8 Å². The summed E-state index contributed by atoms with van der Waals surface area (Å²) in [5.41, 5.74) is 3.80. The Hall–Kier alpha value is -1.22. The van der Waals surface area contributed by atoms with E-state index in [9.17, 15) is 0 Å². The number of nitrogens with zero attached hydrogens (tertiary/aromatic N) is 1. The lowest BCUT2D eigenvalue weighted by Crippen LogP contribution is -2.10. The number of aromatic nitrogens is 2. The Morgan fingerprint density at radius 1 is 1.17 bits per heavy atom. The molecular formula is C15H20N2S. The van der Waals surface area contributed by atoms with Crippen LogP contribution in [0.3, 0.4) is 0 Å². The first kappa shape index (κ1) is 13.2. The van der Waals surface area contributed by atoms with Crippen LogP contribution >= 0.6 is 12.6 Å². The molecule has 0 bridgehead atoms. The summed E-state index contributed by atoms with van der Waals surface area (Å²) in [4.78, 5) is 7.68. The predicted molar refractivity (Wildman–Crippen MR) is 80.3 cm³/mol. The highest BCUT2D eigenvalue weighted by Gasteiger charge is 2.13. The maximum Gasteiger partial charge on any atom is 0.107 e. The molecule has 0 atom stereocenters. The van der Waals surface area contributed by atoms with E-state index < -0.39 is 0 Å². The number of benzene rings is 1. The lowest BCUT2D eigenvalue weighted by atomic mass is 9.86. The number of H-pyrrole nitrogens is 1. The average Bonchev–Trinajstić information content (AvgIpc) is 2.77. The van der Waals surface area contributed by atoms with E-state index in [2.05, 4.69) is 67.6 Å². The van der Waals surface area contributed by atoms with E-state index in [0.717, 1.165) is 23.7 Å². The molecule has 2 rings (SSSR count). The number of thiol groups is 1. The molecule has 0 fully saturated rings. The molecule has 2 aromatic rings. The number of nitrogens with one attached hydrogen (secondary N) is 1. The van der Waals surface area contributed by atoms with Crippen molar-refractivity contribution in [1.82, 2.24) is 9.97 Å². The second kappa shape index (κ2) is 5.19. The van der Waals surface area contributed by atoms with Crippen LogP contribution in [0, 0.1) is 0 Å². The standard InChI is InChI=1S/C15H20N2S/c1-15(2,3)12-6-4-11(5-7-12)13-10-16-14(17-13)8-9-18/h4-7,10,18H,8-9H2,1-3H3,(H,16,17). The number of hydrogen-bond donors (Lipinski definition) is 2. The van der Waals surface area contributed by atoms with Crippen molar-refractivity contribution in [3.63, 3.8) is 0 Å². The lowest BCUT2D eigenvalue weighted by Gasteiger charge is -2.18. The largest absolute Gasteiger partial charge is 0.342 e. The fourth-order valence-electron chi connectivity index (χ4n) is 1.89. The minimum atomic E-state index is 0.198. The van der Waals surface area contributed by atoms with Gasteiger partial charge in [-0.15, -0.1) is 0 Å². The summed E-state index contributed by atoms with van der Waals surface area (Å²) in [7, 11) is 0. The minimum absolute atomic E-state index is 0.198. The number of hydrogen-bond acceptors (Lipinski definition) is 2. The summed E-state index contributed by atoms with van der Waals surface area (Å²) in [5, 5.41) is 0. The molecule has 0 saturated carbocycles. The van der Waals surface area contributed by atoms with Gasteiger partial charge in [-0.25, -0.2) is 4.98 Å². The average molecular weight is 260 g/mol. The first-order chi connectivity index (χ1) is 8.50.